The van der Waals surface area contributed by atoms with Crippen molar-refractivity contribution in [1.82, 2.24) is 10.2 Å². The maximum Gasteiger partial charge on any atom is 0.390 e. The highest BCUT2D eigenvalue weighted by Gasteiger charge is 2.32. The van der Waals surface area contributed by atoms with Crippen LogP contribution in [-0.4, -0.2) is 81.6 Å². The molecule has 1 aliphatic rings. The summed E-state index contributed by atoms with van der Waals surface area (Å²) in [7, 11) is -3.34. The number of carbonyl (C=O) groups is 2. The third-order valence-corrected chi connectivity index (χ3v) is 8.21. The first-order chi connectivity index (χ1) is 19.9. The Kier molecular flexibility index (Phi) is 11.4. The second-order valence-electron chi connectivity index (χ2n) is 10.5. The molecule has 2 aromatic carbocycles. The molecule has 4 N–H and O–H groups in total. The predicted octanol–water partition coefficient (Wildman–Crippen LogP) is 3.71. The van der Waals surface area contributed by atoms with Crippen LogP contribution in [0.1, 0.15) is 35.7 Å². The average molecular weight is 654 g/mol. The summed E-state index contributed by atoms with van der Waals surface area (Å²) >= 11 is 6.18. The van der Waals surface area contributed by atoms with Gasteiger partial charge in [-0.3, -0.25) is 14.5 Å². The molecule has 0 aromatic heterocycles. The molecule has 238 valence electrons. The van der Waals surface area contributed by atoms with Crippen molar-refractivity contribution < 1.29 is 40.0 Å². The minimum absolute atomic E-state index is 0.141. The van der Waals surface area contributed by atoms with Gasteiger partial charge >= 0.3 is 6.18 Å². The number of carbonyl (C=O) groups excluding carboxylic acids is 2. The highest BCUT2D eigenvalue weighted by molar-refractivity contribution is 7.90. The van der Waals surface area contributed by atoms with E-state index in [1.165, 1.54) is 12.1 Å². The summed E-state index contributed by atoms with van der Waals surface area (Å²) < 4.78 is 90.4. The van der Waals surface area contributed by atoms with Crippen molar-refractivity contribution in [2.24, 2.45) is 5.73 Å². The summed E-state index contributed by atoms with van der Waals surface area (Å²) in [6, 6.07) is 5.31. The van der Waals surface area contributed by atoms with Crippen LogP contribution in [0.25, 0.3) is 0 Å². The standard InChI is InChI=1S/C27H33ClF5N5O4S/c1-16-15-38(11-10-37(16)9-8-27(31,32)33)22-13-18(28)4-6-21(22)36-25(39)19-5-3-17(23(29)24(19)30)14-35-26(40)20(34)7-12-43(2,41)42/h3-6,13,16,20H,7-12,14-15,34H2,1-2H3,(H,35,40)(H,36,39)/t16-,20+/m0/s1. The number of nitrogens with zero attached hydrogens (tertiary/aromatic N) is 2. The molecule has 0 spiro atoms. The van der Waals surface area contributed by atoms with Gasteiger partial charge in [-0.1, -0.05) is 17.7 Å². The lowest BCUT2D eigenvalue weighted by Crippen LogP contribution is -2.52. The van der Waals surface area contributed by atoms with Crippen molar-refractivity contribution >= 4 is 44.6 Å². The van der Waals surface area contributed by atoms with E-state index in [2.05, 4.69) is 10.6 Å². The van der Waals surface area contributed by atoms with E-state index in [1.54, 1.807) is 17.9 Å². The number of hydrogen-bond acceptors (Lipinski definition) is 7. The molecule has 0 saturated carbocycles. The molecule has 3 rings (SSSR count). The number of piperazine rings is 1. The van der Waals surface area contributed by atoms with Gasteiger partial charge in [0.2, 0.25) is 5.91 Å². The Hall–Kier alpha value is -3.01. The largest absolute Gasteiger partial charge is 0.390 e. The number of nitrogens with two attached hydrogens (primary N) is 1. The van der Waals surface area contributed by atoms with E-state index in [-0.39, 0.29) is 36.0 Å². The first kappa shape index (κ1) is 34.5. The topological polar surface area (TPSA) is 125 Å². The first-order valence-corrected chi connectivity index (χ1v) is 15.7. The molecule has 1 aliphatic heterocycles. The van der Waals surface area contributed by atoms with Crippen LogP contribution in [0.4, 0.5) is 33.3 Å². The lowest BCUT2D eigenvalue weighted by atomic mass is 10.1. The van der Waals surface area contributed by atoms with Crippen LogP contribution in [0, 0.1) is 11.6 Å². The highest BCUT2D eigenvalue weighted by atomic mass is 35.5. The van der Waals surface area contributed by atoms with Crippen molar-refractivity contribution in [3.63, 3.8) is 0 Å². The predicted molar refractivity (Wildman–Crippen MR) is 154 cm³/mol. The van der Waals surface area contributed by atoms with Gasteiger partial charge in [0.25, 0.3) is 5.91 Å². The molecule has 2 amide bonds. The van der Waals surface area contributed by atoms with Gasteiger partial charge in [0.1, 0.15) is 9.84 Å². The Morgan fingerprint density at radius 2 is 1.84 bits per heavy atom. The summed E-state index contributed by atoms with van der Waals surface area (Å²) in [6.45, 7) is 2.20. The van der Waals surface area contributed by atoms with E-state index in [1.807, 2.05) is 4.90 Å². The number of alkyl halides is 3. The first-order valence-electron chi connectivity index (χ1n) is 13.3. The minimum atomic E-state index is -4.27. The summed E-state index contributed by atoms with van der Waals surface area (Å²) in [6.07, 6.45) is -4.35. The van der Waals surface area contributed by atoms with E-state index in [0.717, 1.165) is 18.4 Å². The van der Waals surface area contributed by atoms with Crippen molar-refractivity contribution in [3.05, 3.63) is 58.1 Å². The molecule has 1 fully saturated rings. The number of nitrogens with one attached hydrogen (secondary N) is 2. The van der Waals surface area contributed by atoms with Gasteiger partial charge in [-0.25, -0.2) is 17.2 Å². The lowest BCUT2D eigenvalue weighted by molar-refractivity contribution is -0.139. The fourth-order valence-electron chi connectivity index (χ4n) is 4.57. The Bertz CT molecular complexity index is 1440. The van der Waals surface area contributed by atoms with E-state index < -0.39 is 64.0 Å². The van der Waals surface area contributed by atoms with E-state index in [0.29, 0.717) is 30.3 Å². The van der Waals surface area contributed by atoms with Crippen molar-refractivity contribution in [1.29, 1.82) is 0 Å². The van der Waals surface area contributed by atoms with Gasteiger partial charge < -0.3 is 21.3 Å². The second kappa shape index (κ2) is 14.2. The number of benzene rings is 2. The van der Waals surface area contributed by atoms with Crippen molar-refractivity contribution in [2.75, 3.05) is 48.4 Å². The Labute approximate surface area is 251 Å². The van der Waals surface area contributed by atoms with Crippen molar-refractivity contribution in [2.45, 2.75) is 44.6 Å². The zero-order valence-electron chi connectivity index (χ0n) is 23.5. The molecular formula is C27H33ClF5N5O4S. The average Bonchev–Trinajstić information content (AvgIpc) is 2.91. The molecule has 16 heteroatoms. The molecule has 0 radical (unpaired) electrons. The Morgan fingerprint density at radius 1 is 1.14 bits per heavy atom. The maximum absolute atomic E-state index is 15.0. The van der Waals surface area contributed by atoms with E-state index in [4.69, 9.17) is 17.3 Å². The minimum Gasteiger partial charge on any atom is -0.367 e. The second-order valence-corrected chi connectivity index (χ2v) is 13.2. The van der Waals surface area contributed by atoms with Gasteiger partial charge in [0.05, 0.1) is 35.2 Å². The van der Waals surface area contributed by atoms with Gasteiger partial charge in [-0.05, 0) is 37.6 Å². The van der Waals surface area contributed by atoms with Gasteiger partial charge in [0, 0.05) is 55.6 Å². The molecule has 2 aromatic rings. The van der Waals surface area contributed by atoms with E-state index in [9.17, 15) is 40.0 Å². The molecular weight excluding hydrogens is 621 g/mol. The van der Waals surface area contributed by atoms with Gasteiger partial charge in [0.15, 0.2) is 11.6 Å². The number of anilines is 2. The number of hydrogen-bond donors (Lipinski definition) is 3. The number of sulfone groups is 1. The smallest absolute Gasteiger partial charge is 0.367 e. The zero-order chi connectivity index (χ0) is 32.1. The molecule has 43 heavy (non-hydrogen) atoms. The summed E-state index contributed by atoms with van der Waals surface area (Å²) in [5.74, 6) is -4.85. The van der Waals surface area contributed by atoms with Crippen LogP contribution < -0.4 is 21.3 Å². The molecule has 9 nitrogen and oxygen atoms in total. The quantitative estimate of drug-likeness (QED) is 0.316. The van der Waals surface area contributed by atoms with Gasteiger partial charge in [-0.2, -0.15) is 13.2 Å². The molecule has 1 saturated heterocycles. The molecule has 0 aliphatic carbocycles. The fourth-order valence-corrected chi connectivity index (χ4v) is 5.41. The number of amides is 2. The van der Waals surface area contributed by atoms with Crippen molar-refractivity contribution in [3.8, 4) is 0 Å². The lowest BCUT2D eigenvalue weighted by Gasteiger charge is -2.41. The molecule has 0 unspecified atom stereocenters. The fraction of sp³-hybridized carbons (Fsp3) is 0.481. The Balaban J connectivity index is 1.69. The Morgan fingerprint density at radius 3 is 2.47 bits per heavy atom. The third-order valence-electron chi connectivity index (χ3n) is 6.99. The highest BCUT2D eigenvalue weighted by Crippen LogP contribution is 2.32. The third kappa shape index (κ3) is 10.0. The number of halogens is 6. The van der Waals surface area contributed by atoms with E-state index >= 15 is 0 Å². The summed E-state index contributed by atoms with van der Waals surface area (Å²) in [4.78, 5) is 28.7. The van der Waals surface area contributed by atoms with Crippen LogP contribution in [0.2, 0.25) is 5.02 Å². The summed E-state index contributed by atoms with van der Waals surface area (Å²) in [5, 5.41) is 5.21. The van der Waals surface area contributed by atoms with Crippen LogP contribution in [0.15, 0.2) is 30.3 Å². The number of rotatable bonds is 11. The molecule has 1 heterocycles. The van der Waals surface area contributed by atoms with Gasteiger partial charge in [-0.15, -0.1) is 0 Å². The maximum atomic E-state index is 15.0. The molecule has 2 atom stereocenters. The molecule has 0 bridgehead atoms. The monoisotopic (exact) mass is 653 g/mol. The van der Waals surface area contributed by atoms with Crippen LogP contribution >= 0.6 is 11.6 Å². The van der Waals surface area contributed by atoms with Crippen LogP contribution in [-0.2, 0) is 21.2 Å². The van der Waals surface area contributed by atoms with Crippen LogP contribution in [0.3, 0.4) is 0 Å². The SMILES string of the molecule is C[C@H]1CN(c2cc(Cl)ccc2NC(=O)c2ccc(CNC(=O)[C@H](N)CCS(C)(=O)=O)c(F)c2F)CCN1CCC(F)(F)F. The summed E-state index contributed by atoms with van der Waals surface area (Å²) in [5.41, 5.74) is 5.50. The van der Waals surface area contributed by atoms with Crippen LogP contribution in [0.5, 0.6) is 0 Å². The zero-order valence-corrected chi connectivity index (χ0v) is 25.1. The normalized spacial score (nSPS) is 17.0.